The lowest BCUT2D eigenvalue weighted by Crippen LogP contribution is -2.44. The van der Waals surface area contributed by atoms with Crippen LogP contribution in [0.15, 0.2) is 22.5 Å². The Bertz CT molecular complexity index is 407. The molecule has 0 aliphatic carbocycles. The maximum absolute atomic E-state index is 5.14. The molecular formula is C15H28IN3OS. The summed E-state index contributed by atoms with van der Waals surface area (Å²) in [5.74, 6) is 0.849. The third-order valence-electron chi connectivity index (χ3n) is 2.96. The van der Waals surface area contributed by atoms with Gasteiger partial charge < -0.3 is 15.4 Å². The number of thiophene rings is 1. The van der Waals surface area contributed by atoms with Crippen molar-refractivity contribution in [1.29, 1.82) is 0 Å². The van der Waals surface area contributed by atoms with E-state index in [-0.39, 0.29) is 35.4 Å². The number of nitrogens with zero attached hydrogens (tertiary/aromatic N) is 1. The molecule has 0 saturated heterocycles. The Hall–Kier alpha value is -0.340. The average molecular weight is 425 g/mol. The van der Waals surface area contributed by atoms with E-state index < -0.39 is 0 Å². The van der Waals surface area contributed by atoms with Gasteiger partial charge in [0.25, 0.3) is 0 Å². The highest BCUT2D eigenvalue weighted by Gasteiger charge is 2.21. The molecule has 2 N–H and O–H groups in total. The highest BCUT2D eigenvalue weighted by molar-refractivity contribution is 14.0. The van der Waals surface area contributed by atoms with E-state index in [4.69, 9.17) is 9.73 Å². The maximum atomic E-state index is 5.14. The quantitative estimate of drug-likeness (QED) is 0.401. The SMILES string of the molecule is CCNC(=NCC(C)(C)c1cccs1)NC(C)COC.I. The first-order chi connectivity index (χ1) is 9.49. The van der Waals surface area contributed by atoms with Gasteiger partial charge in [0.15, 0.2) is 5.96 Å². The van der Waals surface area contributed by atoms with Crippen LogP contribution in [-0.2, 0) is 10.2 Å². The van der Waals surface area contributed by atoms with E-state index >= 15 is 0 Å². The molecule has 0 fully saturated rings. The summed E-state index contributed by atoms with van der Waals surface area (Å²) in [7, 11) is 1.71. The number of guanidine groups is 1. The Balaban J connectivity index is 0.00000400. The van der Waals surface area contributed by atoms with Crippen LogP contribution in [-0.4, -0.2) is 38.8 Å². The van der Waals surface area contributed by atoms with Gasteiger partial charge in [-0.15, -0.1) is 35.3 Å². The summed E-state index contributed by atoms with van der Waals surface area (Å²) in [5.41, 5.74) is 0.0566. The molecule has 0 amide bonds. The van der Waals surface area contributed by atoms with Crippen LogP contribution < -0.4 is 10.6 Å². The molecule has 1 aromatic rings. The van der Waals surface area contributed by atoms with Gasteiger partial charge in [-0.1, -0.05) is 19.9 Å². The smallest absolute Gasteiger partial charge is 0.191 e. The van der Waals surface area contributed by atoms with Crippen molar-refractivity contribution in [2.24, 2.45) is 4.99 Å². The molecule has 1 unspecified atom stereocenters. The highest BCUT2D eigenvalue weighted by atomic mass is 127. The molecule has 0 aromatic carbocycles. The molecule has 1 heterocycles. The lowest BCUT2D eigenvalue weighted by atomic mass is 9.92. The van der Waals surface area contributed by atoms with E-state index in [0.29, 0.717) is 6.61 Å². The summed E-state index contributed by atoms with van der Waals surface area (Å²) in [4.78, 5) is 6.07. The number of aliphatic imine (C=N–C) groups is 1. The molecular weight excluding hydrogens is 397 g/mol. The van der Waals surface area contributed by atoms with Crippen molar-refractivity contribution in [2.45, 2.75) is 39.2 Å². The van der Waals surface area contributed by atoms with Gasteiger partial charge in [-0.05, 0) is 25.3 Å². The third kappa shape index (κ3) is 7.46. The molecule has 4 nitrogen and oxygen atoms in total. The minimum absolute atomic E-state index is 0. The van der Waals surface area contributed by atoms with Crippen LogP contribution in [0.4, 0.5) is 0 Å². The van der Waals surface area contributed by atoms with Gasteiger partial charge in [0.2, 0.25) is 0 Å². The van der Waals surface area contributed by atoms with Crippen molar-refractivity contribution < 1.29 is 4.74 Å². The molecule has 1 rings (SSSR count). The van der Waals surface area contributed by atoms with E-state index in [1.165, 1.54) is 4.88 Å². The van der Waals surface area contributed by atoms with Gasteiger partial charge in [0.1, 0.15) is 0 Å². The molecule has 122 valence electrons. The van der Waals surface area contributed by atoms with Crippen LogP contribution in [0.5, 0.6) is 0 Å². The monoisotopic (exact) mass is 425 g/mol. The van der Waals surface area contributed by atoms with Crippen LogP contribution in [0, 0.1) is 0 Å². The fourth-order valence-corrected chi connectivity index (χ4v) is 2.71. The zero-order valence-corrected chi connectivity index (χ0v) is 16.7. The highest BCUT2D eigenvalue weighted by Crippen LogP contribution is 2.27. The summed E-state index contributed by atoms with van der Waals surface area (Å²) in [5, 5.41) is 8.75. The summed E-state index contributed by atoms with van der Waals surface area (Å²) in [6.07, 6.45) is 0. The molecule has 1 atom stereocenters. The summed E-state index contributed by atoms with van der Waals surface area (Å²) in [6, 6.07) is 4.51. The Labute approximate surface area is 149 Å². The number of rotatable bonds is 7. The van der Waals surface area contributed by atoms with Crippen LogP contribution in [0.3, 0.4) is 0 Å². The largest absolute Gasteiger partial charge is 0.383 e. The lowest BCUT2D eigenvalue weighted by molar-refractivity contribution is 0.179. The molecule has 0 spiro atoms. The van der Waals surface area contributed by atoms with Crippen molar-refractivity contribution in [3.63, 3.8) is 0 Å². The van der Waals surface area contributed by atoms with Crippen LogP contribution in [0.2, 0.25) is 0 Å². The van der Waals surface area contributed by atoms with Crippen LogP contribution in [0.1, 0.15) is 32.6 Å². The van der Waals surface area contributed by atoms with Crippen molar-refractivity contribution in [2.75, 3.05) is 26.8 Å². The Morgan fingerprint density at radius 3 is 2.71 bits per heavy atom. The molecule has 21 heavy (non-hydrogen) atoms. The van der Waals surface area contributed by atoms with Gasteiger partial charge in [-0.25, -0.2) is 0 Å². The van der Waals surface area contributed by atoms with Crippen LogP contribution >= 0.6 is 35.3 Å². The average Bonchev–Trinajstić information content (AvgIpc) is 2.91. The van der Waals surface area contributed by atoms with Crippen molar-refractivity contribution >= 4 is 41.3 Å². The van der Waals surface area contributed by atoms with E-state index in [0.717, 1.165) is 19.0 Å². The predicted octanol–water partition coefficient (Wildman–Crippen LogP) is 3.23. The van der Waals surface area contributed by atoms with Crippen molar-refractivity contribution in [3.8, 4) is 0 Å². The van der Waals surface area contributed by atoms with Gasteiger partial charge in [0.05, 0.1) is 13.2 Å². The molecule has 0 aliphatic heterocycles. The summed E-state index contributed by atoms with van der Waals surface area (Å²) < 4.78 is 5.14. The van der Waals surface area contributed by atoms with E-state index in [9.17, 15) is 0 Å². The number of ether oxygens (including phenoxy) is 1. The molecule has 6 heteroatoms. The number of nitrogens with one attached hydrogen (secondary N) is 2. The standard InChI is InChI=1S/C15H27N3OS.HI/c1-6-16-14(18-12(2)10-19-5)17-11-15(3,4)13-8-7-9-20-13;/h7-9,12H,6,10-11H2,1-5H3,(H2,16,17,18);1H. The maximum Gasteiger partial charge on any atom is 0.191 e. The number of methoxy groups -OCH3 is 1. The topological polar surface area (TPSA) is 45.7 Å². The number of halogens is 1. The minimum atomic E-state index is 0. The first kappa shape index (κ1) is 20.7. The molecule has 0 radical (unpaired) electrons. The van der Waals surface area contributed by atoms with E-state index in [2.05, 4.69) is 55.8 Å². The molecule has 1 aromatic heterocycles. The second-order valence-electron chi connectivity index (χ2n) is 5.56. The zero-order chi connectivity index (χ0) is 15.0. The number of hydrogen-bond donors (Lipinski definition) is 2. The Kier molecular flexibility index (Phi) is 10.2. The van der Waals surface area contributed by atoms with Crippen molar-refractivity contribution in [3.05, 3.63) is 22.4 Å². The van der Waals surface area contributed by atoms with Gasteiger partial charge in [-0.2, -0.15) is 0 Å². The van der Waals surface area contributed by atoms with Crippen LogP contribution in [0.25, 0.3) is 0 Å². The fourth-order valence-electron chi connectivity index (χ4n) is 1.86. The first-order valence-corrected chi connectivity index (χ1v) is 7.95. The second-order valence-corrected chi connectivity index (χ2v) is 6.50. The predicted molar refractivity (Wildman–Crippen MR) is 103 cm³/mol. The van der Waals surface area contributed by atoms with Crippen molar-refractivity contribution in [1.82, 2.24) is 10.6 Å². The summed E-state index contributed by atoms with van der Waals surface area (Å²) >= 11 is 1.79. The third-order valence-corrected chi connectivity index (χ3v) is 4.20. The Morgan fingerprint density at radius 2 is 2.19 bits per heavy atom. The molecule has 0 aliphatic rings. The zero-order valence-electron chi connectivity index (χ0n) is 13.6. The molecule has 0 bridgehead atoms. The van der Waals surface area contributed by atoms with Gasteiger partial charge >= 0.3 is 0 Å². The lowest BCUT2D eigenvalue weighted by Gasteiger charge is -2.23. The minimum Gasteiger partial charge on any atom is -0.383 e. The molecule has 0 saturated carbocycles. The number of hydrogen-bond acceptors (Lipinski definition) is 3. The first-order valence-electron chi connectivity index (χ1n) is 7.07. The fraction of sp³-hybridized carbons (Fsp3) is 0.667. The second kappa shape index (κ2) is 10.4. The van der Waals surface area contributed by atoms with E-state index in [1.807, 2.05) is 0 Å². The summed E-state index contributed by atoms with van der Waals surface area (Å²) in [6.45, 7) is 10.9. The van der Waals surface area contributed by atoms with Gasteiger partial charge in [0, 0.05) is 30.0 Å². The van der Waals surface area contributed by atoms with E-state index in [1.54, 1.807) is 18.4 Å². The Morgan fingerprint density at radius 1 is 1.48 bits per heavy atom. The normalized spacial score (nSPS) is 13.5. The van der Waals surface area contributed by atoms with Gasteiger partial charge in [-0.3, -0.25) is 4.99 Å².